The van der Waals surface area contributed by atoms with E-state index in [1.54, 1.807) is 25.5 Å². The van der Waals surface area contributed by atoms with Gasteiger partial charge in [-0.3, -0.25) is 4.99 Å². The lowest BCUT2D eigenvalue weighted by Crippen LogP contribution is -2.36. The third-order valence-corrected chi connectivity index (χ3v) is 4.44. The van der Waals surface area contributed by atoms with Crippen LogP contribution in [0.15, 0.2) is 35.3 Å². The van der Waals surface area contributed by atoms with Crippen molar-refractivity contribution in [2.75, 3.05) is 20.8 Å². The Morgan fingerprint density at radius 3 is 2.48 bits per heavy atom. The molecule has 2 N–H and O–H groups in total. The molecule has 0 spiro atoms. The number of aryl methyl sites for hydroxylation is 1. The van der Waals surface area contributed by atoms with Crippen LogP contribution in [-0.4, -0.2) is 26.7 Å². The summed E-state index contributed by atoms with van der Waals surface area (Å²) in [7, 11) is 3.42. The summed E-state index contributed by atoms with van der Waals surface area (Å²) < 4.78 is 10.9. The van der Waals surface area contributed by atoms with Crippen LogP contribution in [0.3, 0.4) is 0 Å². The van der Waals surface area contributed by atoms with Crippen molar-refractivity contribution < 1.29 is 9.47 Å². The largest absolute Gasteiger partial charge is 0.493 e. The quantitative estimate of drug-likeness (QED) is 0.362. The van der Waals surface area contributed by atoms with E-state index in [2.05, 4.69) is 34.7 Å². The zero-order chi connectivity index (χ0) is 17.4. The standard InChI is InChI=1S/C18H25N3O2S.HI/c1-5-23-16-9-7-14(10-17(16)22-4)11-20-18(19-3)21-12-15-8-6-13(2)24-15;/h6-10H,5,11-12H2,1-4H3,(H2,19,20,21);1H. The van der Waals surface area contributed by atoms with Crippen LogP contribution in [0.1, 0.15) is 22.2 Å². The van der Waals surface area contributed by atoms with Crippen molar-refractivity contribution in [3.05, 3.63) is 45.6 Å². The molecule has 7 heteroatoms. The normalized spacial score (nSPS) is 10.8. The Morgan fingerprint density at radius 1 is 1.12 bits per heavy atom. The van der Waals surface area contributed by atoms with Gasteiger partial charge in [-0.2, -0.15) is 0 Å². The summed E-state index contributed by atoms with van der Waals surface area (Å²) in [5.74, 6) is 2.28. The summed E-state index contributed by atoms with van der Waals surface area (Å²) in [6, 6.07) is 10.2. The van der Waals surface area contributed by atoms with E-state index >= 15 is 0 Å². The molecule has 138 valence electrons. The summed E-state index contributed by atoms with van der Waals surface area (Å²) in [4.78, 5) is 6.86. The second-order valence-electron chi connectivity index (χ2n) is 5.21. The van der Waals surface area contributed by atoms with E-state index in [1.165, 1.54) is 9.75 Å². The topological polar surface area (TPSA) is 54.9 Å². The van der Waals surface area contributed by atoms with Gasteiger partial charge in [0.25, 0.3) is 0 Å². The third kappa shape index (κ3) is 6.74. The van der Waals surface area contributed by atoms with Crippen LogP contribution in [0.4, 0.5) is 0 Å². The number of guanidine groups is 1. The van der Waals surface area contributed by atoms with Gasteiger partial charge in [0.2, 0.25) is 0 Å². The summed E-state index contributed by atoms with van der Waals surface area (Å²) in [5, 5.41) is 6.64. The lowest BCUT2D eigenvalue weighted by atomic mass is 10.2. The second kappa shape index (κ2) is 11.2. The SMILES string of the molecule is CCOc1ccc(CNC(=NC)NCc2ccc(C)s2)cc1OC.I. The molecule has 0 saturated carbocycles. The molecule has 0 aliphatic heterocycles. The van der Waals surface area contributed by atoms with E-state index in [-0.39, 0.29) is 24.0 Å². The highest BCUT2D eigenvalue weighted by Gasteiger charge is 2.06. The van der Waals surface area contributed by atoms with Gasteiger partial charge >= 0.3 is 0 Å². The van der Waals surface area contributed by atoms with Gasteiger partial charge in [0, 0.05) is 23.3 Å². The van der Waals surface area contributed by atoms with Crippen molar-refractivity contribution in [1.82, 2.24) is 10.6 Å². The molecule has 0 aliphatic carbocycles. The molecular formula is C18H26IN3O2S. The molecule has 0 amide bonds. The molecular weight excluding hydrogens is 449 g/mol. The Morgan fingerprint density at radius 2 is 1.88 bits per heavy atom. The van der Waals surface area contributed by atoms with Crippen molar-refractivity contribution in [3.8, 4) is 11.5 Å². The number of thiophene rings is 1. The van der Waals surface area contributed by atoms with Gasteiger partial charge in [-0.15, -0.1) is 35.3 Å². The number of halogens is 1. The summed E-state index contributed by atoms with van der Waals surface area (Å²) in [6.45, 7) is 6.11. The van der Waals surface area contributed by atoms with Crippen molar-refractivity contribution in [2.45, 2.75) is 26.9 Å². The van der Waals surface area contributed by atoms with Gasteiger partial charge in [0.1, 0.15) is 0 Å². The molecule has 1 aromatic heterocycles. The van der Waals surface area contributed by atoms with Crippen LogP contribution >= 0.6 is 35.3 Å². The Balaban J connectivity index is 0.00000312. The van der Waals surface area contributed by atoms with Crippen molar-refractivity contribution in [1.29, 1.82) is 0 Å². The predicted molar refractivity (Wildman–Crippen MR) is 116 cm³/mol. The first-order valence-electron chi connectivity index (χ1n) is 7.95. The molecule has 0 saturated heterocycles. The van der Waals surface area contributed by atoms with Crippen LogP contribution in [0.5, 0.6) is 11.5 Å². The fraction of sp³-hybridized carbons (Fsp3) is 0.389. The molecule has 2 rings (SSSR count). The Kier molecular flexibility index (Phi) is 9.66. The summed E-state index contributed by atoms with van der Waals surface area (Å²) in [5.41, 5.74) is 1.10. The van der Waals surface area contributed by atoms with Crippen molar-refractivity contribution in [2.24, 2.45) is 4.99 Å². The maximum Gasteiger partial charge on any atom is 0.191 e. The van der Waals surface area contributed by atoms with E-state index in [0.29, 0.717) is 13.2 Å². The van der Waals surface area contributed by atoms with E-state index in [9.17, 15) is 0 Å². The number of hydrogen-bond acceptors (Lipinski definition) is 4. The van der Waals surface area contributed by atoms with Gasteiger partial charge < -0.3 is 20.1 Å². The smallest absolute Gasteiger partial charge is 0.191 e. The van der Waals surface area contributed by atoms with E-state index in [0.717, 1.165) is 29.6 Å². The minimum Gasteiger partial charge on any atom is -0.493 e. The molecule has 0 atom stereocenters. The number of hydrogen-bond donors (Lipinski definition) is 2. The van der Waals surface area contributed by atoms with Crippen LogP contribution in [0, 0.1) is 6.92 Å². The molecule has 0 fully saturated rings. The van der Waals surface area contributed by atoms with Gasteiger partial charge in [-0.25, -0.2) is 0 Å². The molecule has 0 radical (unpaired) electrons. The zero-order valence-electron chi connectivity index (χ0n) is 15.1. The molecule has 2 aromatic rings. The maximum atomic E-state index is 5.54. The molecule has 5 nitrogen and oxygen atoms in total. The maximum absolute atomic E-state index is 5.54. The van der Waals surface area contributed by atoms with Gasteiger partial charge in [0.05, 0.1) is 20.3 Å². The number of ether oxygens (including phenoxy) is 2. The fourth-order valence-electron chi connectivity index (χ4n) is 2.25. The molecule has 0 aliphatic rings. The predicted octanol–water partition coefficient (Wildman–Crippen LogP) is 3.95. The number of benzene rings is 1. The molecule has 1 aromatic carbocycles. The number of aliphatic imine (C=N–C) groups is 1. The summed E-state index contributed by atoms with van der Waals surface area (Å²) >= 11 is 1.79. The van der Waals surface area contributed by atoms with E-state index in [4.69, 9.17) is 9.47 Å². The second-order valence-corrected chi connectivity index (χ2v) is 6.58. The van der Waals surface area contributed by atoms with Gasteiger partial charge in [-0.1, -0.05) is 6.07 Å². The average Bonchev–Trinajstić information content (AvgIpc) is 3.01. The van der Waals surface area contributed by atoms with Crippen LogP contribution in [-0.2, 0) is 13.1 Å². The highest BCUT2D eigenvalue weighted by Crippen LogP contribution is 2.27. The monoisotopic (exact) mass is 475 g/mol. The zero-order valence-corrected chi connectivity index (χ0v) is 18.2. The number of nitrogens with zero attached hydrogens (tertiary/aromatic N) is 1. The minimum absolute atomic E-state index is 0. The van der Waals surface area contributed by atoms with Crippen LogP contribution < -0.4 is 20.1 Å². The highest BCUT2D eigenvalue weighted by atomic mass is 127. The lowest BCUT2D eigenvalue weighted by molar-refractivity contribution is 0.310. The minimum atomic E-state index is 0. The van der Waals surface area contributed by atoms with Gasteiger partial charge in [0.15, 0.2) is 17.5 Å². The Hall–Kier alpha value is -1.48. The van der Waals surface area contributed by atoms with E-state index in [1.807, 2.05) is 25.1 Å². The van der Waals surface area contributed by atoms with Crippen molar-refractivity contribution in [3.63, 3.8) is 0 Å². The number of nitrogens with one attached hydrogen (secondary N) is 2. The highest BCUT2D eigenvalue weighted by molar-refractivity contribution is 14.0. The average molecular weight is 475 g/mol. The Bertz CT molecular complexity index is 689. The van der Waals surface area contributed by atoms with Crippen LogP contribution in [0.25, 0.3) is 0 Å². The summed E-state index contributed by atoms with van der Waals surface area (Å²) in [6.07, 6.45) is 0. The van der Waals surface area contributed by atoms with Gasteiger partial charge in [-0.05, 0) is 43.7 Å². The third-order valence-electron chi connectivity index (χ3n) is 3.44. The van der Waals surface area contributed by atoms with Crippen molar-refractivity contribution >= 4 is 41.3 Å². The Labute approximate surface area is 170 Å². The molecule has 25 heavy (non-hydrogen) atoms. The molecule has 1 heterocycles. The first kappa shape index (κ1) is 21.6. The molecule has 0 unspecified atom stereocenters. The number of methoxy groups -OCH3 is 1. The first-order chi connectivity index (χ1) is 11.7. The fourth-order valence-corrected chi connectivity index (χ4v) is 3.08. The first-order valence-corrected chi connectivity index (χ1v) is 8.77. The van der Waals surface area contributed by atoms with E-state index < -0.39 is 0 Å². The number of rotatable bonds is 7. The molecule has 0 bridgehead atoms. The van der Waals surface area contributed by atoms with Crippen LogP contribution in [0.2, 0.25) is 0 Å². The lowest BCUT2D eigenvalue weighted by Gasteiger charge is -2.13.